The molecule has 174 valence electrons. The van der Waals surface area contributed by atoms with E-state index in [0.29, 0.717) is 19.8 Å². The highest BCUT2D eigenvalue weighted by Crippen LogP contribution is 2.16. The number of hydrogen-bond donors (Lipinski definition) is 0. The first-order chi connectivity index (χ1) is 13.8. The van der Waals surface area contributed by atoms with Crippen LogP contribution in [-0.4, -0.2) is 39.1 Å². The molecule has 0 aromatic heterocycles. The average molecular weight is 413 g/mol. The lowest BCUT2D eigenvalue weighted by atomic mass is 9.97. The van der Waals surface area contributed by atoms with Gasteiger partial charge in [-0.1, -0.05) is 86.1 Å². The Labute approximate surface area is 183 Å². The summed E-state index contributed by atoms with van der Waals surface area (Å²) in [7, 11) is 0. The van der Waals surface area contributed by atoms with Crippen molar-refractivity contribution in [2.75, 3.05) is 33.0 Å². The van der Waals surface area contributed by atoms with Gasteiger partial charge in [-0.25, -0.2) is 0 Å². The van der Waals surface area contributed by atoms with Crippen molar-refractivity contribution in [3.63, 3.8) is 0 Å². The van der Waals surface area contributed by atoms with E-state index in [2.05, 4.69) is 48.1 Å². The highest BCUT2D eigenvalue weighted by Gasteiger charge is 2.12. The van der Waals surface area contributed by atoms with Gasteiger partial charge in [0.25, 0.3) is 0 Å². The molecule has 0 bridgehead atoms. The zero-order chi connectivity index (χ0) is 21.9. The maximum atomic E-state index is 6.10. The van der Waals surface area contributed by atoms with Crippen molar-refractivity contribution in [3.8, 4) is 0 Å². The smallest absolute Gasteiger partial charge is 0.104 e. The van der Waals surface area contributed by atoms with Gasteiger partial charge in [-0.05, 0) is 36.5 Å². The molecule has 0 spiro atoms. The van der Waals surface area contributed by atoms with E-state index in [-0.39, 0.29) is 6.10 Å². The molecule has 0 fully saturated rings. The summed E-state index contributed by atoms with van der Waals surface area (Å²) in [5, 5.41) is 0. The Balaban J connectivity index is 3.98. The molecule has 0 heterocycles. The summed E-state index contributed by atoms with van der Waals surface area (Å²) in [5.41, 5.74) is 0. The van der Waals surface area contributed by atoms with Crippen LogP contribution in [0.4, 0.5) is 0 Å². The topological polar surface area (TPSA) is 27.7 Å². The molecule has 0 aliphatic rings. The van der Waals surface area contributed by atoms with Gasteiger partial charge in [0.15, 0.2) is 0 Å². The highest BCUT2D eigenvalue weighted by atomic mass is 16.6. The summed E-state index contributed by atoms with van der Waals surface area (Å²) in [6.45, 7) is 21.0. The maximum Gasteiger partial charge on any atom is 0.104 e. The van der Waals surface area contributed by atoms with Crippen LogP contribution < -0.4 is 0 Å². The second kappa shape index (κ2) is 19.6. The van der Waals surface area contributed by atoms with Gasteiger partial charge < -0.3 is 14.2 Å². The molecule has 0 N–H and O–H groups in total. The lowest BCUT2D eigenvalue weighted by Gasteiger charge is -2.20. The van der Waals surface area contributed by atoms with E-state index in [0.717, 1.165) is 49.7 Å². The minimum absolute atomic E-state index is 0.0223. The summed E-state index contributed by atoms with van der Waals surface area (Å²) in [4.78, 5) is 0. The summed E-state index contributed by atoms with van der Waals surface area (Å²) in [5.74, 6) is 3.07. The second-order valence-electron chi connectivity index (χ2n) is 9.83. The van der Waals surface area contributed by atoms with Gasteiger partial charge in [0.1, 0.15) is 6.10 Å². The van der Waals surface area contributed by atoms with Crippen LogP contribution in [-0.2, 0) is 14.2 Å². The maximum absolute atomic E-state index is 6.10. The third-order valence-electron chi connectivity index (χ3n) is 5.52. The quantitative estimate of drug-likeness (QED) is 0.146. The average Bonchev–Trinajstić information content (AvgIpc) is 2.64. The van der Waals surface area contributed by atoms with Crippen molar-refractivity contribution in [3.05, 3.63) is 12.7 Å². The lowest BCUT2D eigenvalue weighted by molar-refractivity contribution is -0.0601. The van der Waals surface area contributed by atoms with E-state index in [4.69, 9.17) is 14.2 Å². The first-order valence-corrected chi connectivity index (χ1v) is 12.2. The molecule has 0 saturated carbocycles. The van der Waals surface area contributed by atoms with E-state index in [1.165, 1.54) is 38.5 Å². The van der Waals surface area contributed by atoms with Crippen LogP contribution in [0.5, 0.6) is 0 Å². The fraction of sp³-hybridized carbons (Fsp3) is 0.923. The second-order valence-corrected chi connectivity index (χ2v) is 9.83. The van der Waals surface area contributed by atoms with Crippen LogP contribution in [0, 0.1) is 23.7 Å². The molecule has 3 heteroatoms. The van der Waals surface area contributed by atoms with Gasteiger partial charge in [0.2, 0.25) is 0 Å². The van der Waals surface area contributed by atoms with Gasteiger partial charge >= 0.3 is 0 Å². The van der Waals surface area contributed by atoms with Gasteiger partial charge in [-0.2, -0.15) is 0 Å². The van der Waals surface area contributed by atoms with Crippen LogP contribution >= 0.6 is 0 Å². The molecule has 0 aromatic carbocycles. The SMILES string of the molecule is C=CCOCC(COCCC(C)CCCC(C)C)OCCC(C)CCCC(C)C. The first kappa shape index (κ1) is 28.6. The Kier molecular flexibility index (Phi) is 19.3. The first-order valence-electron chi connectivity index (χ1n) is 12.2. The Morgan fingerprint density at radius 2 is 1.17 bits per heavy atom. The van der Waals surface area contributed by atoms with Crippen LogP contribution in [0.2, 0.25) is 0 Å². The Morgan fingerprint density at radius 3 is 1.69 bits per heavy atom. The van der Waals surface area contributed by atoms with E-state index in [9.17, 15) is 0 Å². The van der Waals surface area contributed by atoms with E-state index >= 15 is 0 Å². The predicted molar refractivity (Wildman–Crippen MR) is 127 cm³/mol. The lowest BCUT2D eigenvalue weighted by Crippen LogP contribution is -2.27. The van der Waals surface area contributed by atoms with Crippen molar-refractivity contribution >= 4 is 0 Å². The summed E-state index contributed by atoms with van der Waals surface area (Å²) >= 11 is 0. The van der Waals surface area contributed by atoms with Crippen molar-refractivity contribution in [1.82, 2.24) is 0 Å². The molecule has 0 aromatic rings. The van der Waals surface area contributed by atoms with Gasteiger partial charge in [0, 0.05) is 13.2 Å². The molecule has 3 unspecified atom stereocenters. The van der Waals surface area contributed by atoms with E-state index in [1.54, 1.807) is 6.08 Å². The number of ether oxygens (including phenoxy) is 3. The number of rotatable bonds is 21. The fourth-order valence-corrected chi connectivity index (χ4v) is 3.40. The normalized spacial score (nSPS) is 15.0. The van der Waals surface area contributed by atoms with Crippen LogP contribution in [0.25, 0.3) is 0 Å². The van der Waals surface area contributed by atoms with Crippen LogP contribution in [0.15, 0.2) is 12.7 Å². The molecule has 3 atom stereocenters. The number of hydrogen-bond acceptors (Lipinski definition) is 3. The van der Waals surface area contributed by atoms with Crippen LogP contribution in [0.1, 0.15) is 92.9 Å². The molecule has 0 aliphatic carbocycles. The molecule has 0 saturated heterocycles. The van der Waals surface area contributed by atoms with Gasteiger partial charge in [0.05, 0.1) is 19.8 Å². The van der Waals surface area contributed by atoms with Crippen molar-refractivity contribution in [2.24, 2.45) is 23.7 Å². The van der Waals surface area contributed by atoms with Gasteiger partial charge in [-0.15, -0.1) is 6.58 Å². The molecule has 0 radical (unpaired) electrons. The van der Waals surface area contributed by atoms with E-state index < -0.39 is 0 Å². The standard InChI is InChI=1S/C26H52O3/c1-8-17-27-20-26(29-19-16-25(7)14-10-12-23(4)5)21-28-18-15-24(6)13-9-11-22(2)3/h8,22-26H,1,9-21H2,2-7H3. The zero-order valence-corrected chi connectivity index (χ0v) is 20.6. The fourth-order valence-electron chi connectivity index (χ4n) is 3.40. The monoisotopic (exact) mass is 412 g/mol. The molecular weight excluding hydrogens is 360 g/mol. The highest BCUT2D eigenvalue weighted by molar-refractivity contribution is 4.66. The molecule has 29 heavy (non-hydrogen) atoms. The van der Waals surface area contributed by atoms with Crippen LogP contribution in [0.3, 0.4) is 0 Å². The van der Waals surface area contributed by atoms with Gasteiger partial charge in [-0.3, -0.25) is 0 Å². The van der Waals surface area contributed by atoms with Crippen molar-refractivity contribution in [2.45, 2.75) is 99.0 Å². The van der Waals surface area contributed by atoms with Crippen molar-refractivity contribution in [1.29, 1.82) is 0 Å². The summed E-state index contributed by atoms with van der Waals surface area (Å²) < 4.78 is 17.7. The molecule has 0 aliphatic heterocycles. The minimum Gasteiger partial charge on any atom is -0.379 e. The Morgan fingerprint density at radius 1 is 0.655 bits per heavy atom. The molecular formula is C26H52O3. The summed E-state index contributed by atoms with van der Waals surface area (Å²) in [6, 6.07) is 0. The predicted octanol–water partition coefficient (Wildman–Crippen LogP) is 7.30. The summed E-state index contributed by atoms with van der Waals surface area (Å²) in [6.07, 6.45) is 12.0. The molecule has 0 amide bonds. The Bertz CT molecular complexity index is 354. The zero-order valence-electron chi connectivity index (χ0n) is 20.6. The third kappa shape index (κ3) is 20.7. The minimum atomic E-state index is 0.0223. The molecule has 0 rings (SSSR count). The van der Waals surface area contributed by atoms with E-state index in [1.807, 2.05) is 0 Å². The Hall–Kier alpha value is -0.380. The molecule has 3 nitrogen and oxygen atoms in total. The largest absolute Gasteiger partial charge is 0.379 e. The van der Waals surface area contributed by atoms with Crippen molar-refractivity contribution < 1.29 is 14.2 Å². The third-order valence-corrected chi connectivity index (χ3v) is 5.52.